The smallest absolute Gasteiger partial charge is 0.207 e. The molecule has 19 heavy (non-hydrogen) atoms. The van der Waals surface area contributed by atoms with Crippen LogP contribution in [0.15, 0.2) is 0 Å². The number of rotatable bonds is 6. The lowest BCUT2D eigenvalue weighted by Crippen LogP contribution is -2.40. The molecule has 0 aliphatic heterocycles. The number of ketones is 1. The summed E-state index contributed by atoms with van der Waals surface area (Å²) >= 11 is 0. The Morgan fingerprint density at radius 1 is 1.05 bits per heavy atom. The van der Waals surface area contributed by atoms with Crippen LogP contribution in [0.3, 0.4) is 0 Å². The van der Waals surface area contributed by atoms with Crippen LogP contribution in [0.25, 0.3) is 0 Å². The van der Waals surface area contributed by atoms with Crippen LogP contribution >= 0.6 is 0 Å². The van der Waals surface area contributed by atoms with E-state index in [2.05, 4.69) is 19.2 Å². The van der Waals surface area contributed by atoms with Crippen molar-refractivity contribution in [3.05, 3.63) is 0 Å². The molecule has 0 rings (SSSR count). The van der Waals surface area contributed by atoms with Crippen molar-refractivity contribution in [2.75, 3.05) is 0 Å². The topological polar surface area (TPSA) is 46.2 Å². The van der Waals surface area contributed by atoms with E-state index in [1.165, 1.54) is 6.42 Å². The van der Waals surface area contributed by atoms with E-state index in [1.54, 1.807) is 0 Å². The van der Waals surface area contributed by atoms with Crippen molar-refractivity contribution in [3.63, 3.8) is 0 Å². The summed E-state index contributed by atoms with van der Waals surface area (Å²) in [5.74, 6) is 0.300. The first-order valence-corrected chi connectivity index (χ1v) is 7.77. The molecular formula is C16H37NO2. The summed E-state index contributed by atoms with van der Waals surface area (Å²) in [7, 11) is 0. The van der Waals surface area contributed by atoms with E-state index < -0.39 is 0 Å². The van der Waals surface area contributed by atoms with E-state index in [9.17, 15) is 9.59 Å². The fourth-order valence-corrected chi connectivity index (χ4v) is 1.13. The average Bonchev–Trinajstić information content (AvgIpc) is 2.41. The molecule has 0 aliphatic rings. The van der Waals surface area contributed by atoms with Gasteiger partial charge in [0, 0.05) is 6.42 Å². The molecule has 0 heterocycles. The van der Waals surface area contributed by atoms with Crippen molar-refractivity contribution in [2.24, 2.45) is 5.92 Å². The zero-order chi connectivity index (χ0) is 16.3. The first kappa shape index (κ1) is 26.7. The fraction of sp³-hybridized carbons (Fsp3) is 0.875. The molecule has 0 fully saturated rings. The summed E-state index contributed by atoms with van der Waals surface area (Å²) in [6.45, 7) is 18.1. The van der Waals surface area contributed by atoms with Crippen LogP contribution in [-0.4, -0.2) is 18.2 Å². The van der Waals surface area contributed by atoms with E-state index >= 15 is 0 Å². The summed E-state index contributed by atoms with van der Waals surface area (Å²) in [5.41, 5.74) is 0. The van der Waals surface area contributed by atoms with E-state index in [-0.39, 0.29) is 17.7 Å². The quantitative estimate of drug-likeness (QED) is 0.720. The third-order valence-corrected chi connectivity index (χ3v) is 1.76. The van der Waals surface area contributed by atoms with Crippen molar-refractivity contribution >= 4 is 12.2 Å². The van der Waals surface area contributed by atoms with E-state index in [1.807, 2.05) is 48.5 Å². The van der Waals surface area contributed by atoms with Gasteiger partial charge in [-0.3, -0.25) is 9.59 Å². The third-order valence-electron chi connectivity index (χ3n) is 1.76. The van der Waals surface area contributed by atoms with Gasteiger partial charge in [0.05, 0.1) is 6.04 Å². The molecule has 0 aliphatic carbocycles. The maximum Gasteiger partial charge on any atom is 0.207 e. The van der Waals surface area contributed by atoms with Crippen molar-refractivity contribution < 1.29 is 9.59 Å². The SMILES string of the molecule is CC.CC.CCC.CCCC(=O)C(NC=O)C(C)C. The monoisotopic (exact) mass is 275 g/mol. The minimum absolute atomic E-state index is 0.125. The second-order valence-corrected chi connectivity index (χ2v) is 3.93. The van der Waals surface area contributed by atoms with Crippen LogP contribution in [0.2, 0.25) is 0 Å². The van der Waals surface area contributed by atoms with E-state index in [4.69, 9.17) is 0 Å². The van der Waals surface area contributed by atoms with Crippen LogP contribution in [0.5, 0.6) is 0 Å². The van der Waals surface area contributed by atoms with Gasteiger partial charge in [-0.25, -0.2) is 0 Å². The Labute approximate surface area is 121 Å². The summed E-state index contributed by atoms with van der Waals surface area (Å²) in [4.78, 5) is 21.5. The molecule has 0 aromatic rings. The van der Waals surface area contributed by atoms with Crippen LogP contribution in [-0.2, 0) is 9.59 Å². The highest BCUT2D eigenvalue weighted by Gasteiger charge is 2.19. The van der Waals surface area contributed by atoms with Gasteiger partial charge in [-0.15, -0.1) is 0 Å². The Hall–Kier alpha value is -0.860. The molecule has 0 saturated carbocycles. The first-order chi connectivity index (χ1) is 9.04. The molecule has 0 spiro atoms. The van der Waals surface area contributed by atoms with Crippen LogP contribution in [0.1, 0.15) is 81.6 Å². The van der Waals surface area contributed by atoms with Crippen LogP contribution in [0, 0.1) is 5.92 Å². The molecule has 1 N–H and O–H groups in total. The standard InChI is InChI=1S/C9H17NO2.C3H8.2C2H6/c1-4-5-8(12)9(7(2)3)10-6-11;1-3-2;2*1-2/h6-7,9H,4-5H2,1-3H3,(H,10,11);3H2,1-2H3;2*1-2H3. The van der Waals surface area contributed by atoms with Gasteiger partial charge in [0.2, 0.25) is 6.41 Å². The molecule has 0 saturated heterocycles. The fourth-order valence-electron chi connectivity index (χ4n) is 1.13. The molecular weight excluding hydrogens is 238 g/mol. The Morgan fingerprint density at radius 2 is 1.42 bits per heavy atom. The Balaban J connectivity index is -0.000000136. The zero-order valence-corrected chi connectivity index (χ0v) is 14.7. The molecule has 0 aromatic carbocycles. The molecule has 0 bridgehead atoms. The lowest BCUT2D eigenvalue weighted by Gasteiger charge is -2.17. The summed E-state index contributed by atoms with van der Waals surface area (Å²) in [5, 5.41) is 2.54. The Kier molecular flexibility index (Phi) is 36.3. The van der Waals surface area contributed by atoms with Gasteiger partial charge in [0.25, 0.3) is 0 Å². The Bertz CT molecular complexity index is 168. The number of Topliss-reactive ketones (excluding diaryl/α,β-unsaturated/α-hetero) is 1. The highest BCUT2D eigenvalue weighted by atomic mass is 16.1. The van der Waals surface area contributed by atoms with Crippen LogP contribution in [0.4, 0.5) is 0 Å². The summed E-state index contributed by atoms with van der Waals surface area (Å²) in [6, 6.07) is -0.303. The minimum Gasteiger partial charge on any atom is -0.349 e. The van der Waals surface area contributed by atoms with E-state index in [0.717, 1.165) is 6.42 Å². The number of hydrogen-bond acceptors (Lipinski definition) is 2. The minimum atomic E-state index is -0.303. The normalized spacial score (nSPS) is 9.58. The molecule has 1 atom stereocenters. The molecule has 0 aromatic heterocycles. The predicted octanol–water partition coefficient (Wildman–Crippen LogP) is 4.59. The second kappa shape index (κ2) is 25.9. The van der Waals surface area contributed by atoms with Crippen molar-refractivity contribution in [1.82, 2.24) is 5.32 Å². The van der Waals surface area contributed by atoms with Crippen molar-refractivity contribution in [1.29, 1.82) is 0 Å². The molecule has 3 nitrogen and oxygen atoms in total. The average molecular weight is 275 g/mol. The highest BCUT2D eigenvalue weighted by Crippen LogP contribution is 2.05. The third kappa shape index (κ3) is 22.8. The molecule has 0 radical (unpaired) electrons. The zero-order valence-electron chi connectivity index (χ0n) is 14.7. The highest BCUT2D eigenvalue weighted by molar-refractivity contribution is 5.85. The van der Waals surface area contributed by atoms with Crippen molar-refractivity contribution in [2.45, 2.75) is 87.6 Å². The number of nitrogens with one attached hydrogen (secondary N) is 1. The molecule has 1 amide bonds. The van der Waals surface area contributed by atoms with Crippen molar-refractivity contribution in [3.8, 4) is 0 Å². The van der Waals surface area contributed by atoms with Crippen LogP contribution < -0.4 is 5.32 Å². The lowest BCUT2D eigenvalue weighted by atomic mass is 9.97. The maximum absolute atomic E-state index is 11.4. The largest absolute Gasteiger partial charge is 0.349 e. The van der Waals surface area contributed by atoms with Gasteiger partial charge in [0.15, 0.2) is 5.78 Å². The number of carbonyl (C=O) groups excluding carboxylic acids is 2. The van der Waals surface area contributed by atoms with Gasteiger partial charge in [0.1, 0.15) is 0 Å². The number of hydrogen-bond donors (Lipinski definition) is 1. The Morgan fingerprint density at radius 3 is 1.63 bits per heavy atom. The first-order valence-electron chi connectivity index (χ1n) is 7.77. The maximum atomic E-state index is 11.4. The summed E-state index contributed by atoms with van der Waals surface area (Å²) < 4.78 is 0. The molecule has 1 unspecified atom stereocenters. The summed E-state index contributed by atoms with van der Waals surface area (Å²) in [6.07, 6.45) is 3.23. The predicted molar refractivity (Wildman–Crippen MR) is 86.4 cm³/mol. The van der Waals surface area contributed by atoms with Gasteiger partial charge >= 0.3 is 0 Å². The molecule has 118 valence electrons. The number of amides is 1. The van der Waals surface area contributed by atoms with Gasteiger partial charge in [-0.2, -0.15) is 0 Å². The van der Waals surface area contributed by atoms with Gasteiger partial charge < -0.3 is 5.32 Å². The number of carbonyl (C=O) groups is 2. The lowest BCUT2D eigenvalue weighted by molar-refractivity contribution is -0.124. The van der Waals surface area contributed by atoms with Gasteiger partial charge in [-0.05, 0) is 12.3 Å². The molecule has 3 heteroatoms. The van der Waals surface area contributed by atoms with E-state index in [0.29, 0.717) is 12.8 Å². The van der Waals surface area contributed by atoms with Gasteiger partial charge in [-0.1, -0.05) is 68.7 Å². The second-order valence-electron chi connectivity index (χ2n) is 3.93.